The lowest BCUT2D eigenvalue weighted by molar-refractivity contribution is 0.0569. The van der Waals surface area contributed by atoms with Crippen LogP contribution in [0.2, 0.25) is 0 Å². The van der Waals surface area contributed by atoms with Gasteiger partial charge in [-0.05, 0) is 44.4 Å². The van der Waals surface area contributed by atoms with Crippen molar-refractivity contribution in [3.8, 4) is 0 Å². The molecule has 1 aromatic carbocycles. The maximum absolute atomic E-state index is 13.3. The number of piperidine rings is 1. The summed E-state index contributed by atoms with van der Waals surface area (Å²) in [5.41, 5.74) is 6.93. The molecule has 3 unspecified atom stereocenters. The molecule has 0 amide bonds. The molecule has 0 spiro atoms. The molecule has 1 aliphatic rings. The Kier molecular flexibility index (Phi) is 4.36. The second-order valence-electron chi connectivity index (χ2n) is 5.35. The third-order valence-electron chi connectivity index (χ3n) is 4.14. The highest BCUT2D eigenvalue weighted by Gasteiger charge is 2.31. The molecular formula is C15H23FN2. The van der Waals surface area contributed by atoms with Crippen LogP contribution in [0.1, 0.15) is 44.7 Å². The van der Waals surface area contributed by atoms with Crippen molar-refractivity contribution in [3.05, 3.63) is 35.6 Å². The summed E-state index contributed by atoms with van der Waals surface area (Å²) in [7, 11) is 0. The summed E-state index contributed by atoms with van der Waals surface area (Å²) in [5.74, 6) is -0.159. The van der Waals surface area contributed by atoms with Crippen molar-refractivity contribution in [2.24, 2.45) is 5.73 Å². The Labute approximate surface area is 109 Å². The molecule has 1 heterocycles. The van der Waals surface area contributed by atoms with Gasteiger partial charge in [0.05, 0.1) is 0 Å². The van der Waals surface area contributed by atoms with Gasteiger partial charge in [-0.1, -0.05) is 18.6 Å². The Bertz CT molecular complexity index is 394. The first kappa shape index (κ1) is 13.5. The molecule has 1 aliphatic heterocycles. The largest absolute Gasteiger partial charge is 0.329 e. The fraction of sp³-hybridized carbons (Fsp3) is 0.600. The standard InChI is InChI=1S/C15H23FN2/c1-11-5-3-8-15(10-17)18(11)12(2)13-6-4-7-14(16)9-13/h4,6-7,9,11-12,15H,3,5,8,10,17H2,1-2H3. The van der Waals surface area contributed by atoms with E-state index in [-0.39, 0.29) is 11.9 Å². The predicted octanol–water partition coefficient (Wildman–Crippen LogP) is 3.09. The molecule has 1 aromatic rings. The van der Waals surface area contributed by atoms with Gasteiger partial charge in [0.25, 0.3) is 0 Å². The Balaban J connectivity index is 2.22. The monoisotopic (exact) mass is 250 g/mol. The Morgan fingerprint density at radius 3 is 2.89 bits per heavy atom. The summed E-state index contributed by atoms with van der Waals surface area (Å²) < 4.78 is 13.3. The number of benzene rings is 1. The zero-order valence-electron chi connectivity index (χ0n) is 11.3. The topological polar surface area (TPSA) is 29.3 Å². The maximum Gasteiger partial charge on any atom is 0.123 e. The SMILES string of the molecule is CC1CCCC(CN)N1C(C)c1cccc(F)c1. The molecule has 0 aromatic heterocycles. The minimum absolute atomic E-state index is 0.159. The third-order valence-corrected chi connectivity index (χ3v) is 4.14. The highest BCUT2D eigenvalue weighted by Crippen LogP contribution is 2.32. The van der Waals surface area contributed by atoms with Crippen LogP contribution in [-0.2, 0) is 0 Å². The van der Waals surface area contributed by atoms with Crippen molar-refractivity contribution in [2.45, 2.75) is 51.2 Å². The number of nitrogens with two attached hydrogens (primary N) is 1. The summed E-state index contributed by atoms with van der Waals surface area (Å²) in [5, 5.41) is 0. The number of nitrogens with zero attached hydrogens (tertiary/aromatic N) is 1. The number of hydrogen-bond donors (Lipinski definition) is 1. The fourth-order valence-corrected chi connectivity index (χ4v) is 3.18. The van der Waals surface area contributed by atoms with Crippen LogP contribution in [-0.4, -0.2) is 23.5 Å². The summed E-state index contributed by atoms with van der Waals surface area (Å²) >= 11 is 0. The molecule has 1 fully saturated rings. The van der Waals surface area contributed by atoms with Crippen LogP contribution >= 0.6 is 0 Å². The van der Waals surface area contributed by atoms with Gasteiger partial charge < -0.3 is 5.73 Å². The van der Waals surface area contributed by atoms with Gasteiger partial charge in [-0.3, -0.25) is 4.90 Å². The van der Waals surface area contributed by atoms with E-state index in [0.717, 1.165) is 12.0 Å². The van der Waals surface area contributed by atoms with Gasteiger partial charge >= 0.3 is 0 Å². The molecule has 2 N–H and O–H groups in total. The normalized spacial score (nSPS) is 27.1. The smallest absolute Gasteiger partial charge is 0.123 e. The number of halogens is 1. The van der Waals surface area contributed by atoms with E-state index in [9.17, 15) is 4.39 Å². The summed E-state index contributed by atoms with van der Waals surface area (Å²) in [6.07, 6.45) is 3.60. The van der Waals surface area contributed by atoms with Crippen molar-refractivity contribution < 1.29 is 4.39 Å². The molecule has 0 saturated carbocycles. The molecule has 18 heavy (non-hydrogen) atoms. The maximum atomic E-state index is 13.3. The number of rotatable bonds is 3. The van der Waals surface area contributed by atoms with E-state index in [0.29, 0.717) is 18.6 Å². The molecule has 2 nitrogen and oxygen atoms in total. The molecule has 1 saturated heterocycles. The average Bonchev–Trinajstić information content (AvgIpc) is 2.37. The highest BCUT2D eigenvalue weighted by molar-refractivity contribution is 5.20. The number of hydrogen-bond acceptors (Lipinski definition) is 2. The van der Waals surface area contributed by atoms with Gasteiger partial charge in [0, 0.05) is 24.7 Å². The van der Waals surface area contributed by atoms with Crippen LogP contribution in [0.3, 0.4) is 0 Å². The quantitative estimate of drug-likeness (QED) is 0.893. The van der Waals surface area contributed by atoms with Gasteiger partial charge in [0.15, 0.2) is 0 Å². The van der Waals surface area contributed by atoms with E-state index in [1.807, 2.05) is 6.07 Å². The molecule has 0 aliphatic carbocycles. The van der Waals surface area contributed by atoms with Crippen LogP contribution in [0.5, 0.6) is 0 Å². The second kappa shape index (κ2) is 5.81. The van der Waals surface area contributed by atoms with E-state index in [1.54, 1.807) is 12.1 Å². The fourth-order valence-electron chi connectivity index (χ4n) is 3.18. The van der Waals surface area contributed by atoms with Gasteiger partial charge in [-0.2, -0.15) is 0 Å². The van der Waals surface area contributed by atoms with Crippen molar-refractivity contribution in [2.75, 3.05) is 6.54 Å². The summed E-state index contributed by atoms with van der Waals surface area (Å²) in [4.78, 5) is 2.46. The van der Waals surface area contributed by atoms with Crippen LogP contribution < -0.4 is 5.73 Å². The van der Waals surface area contributed by atoms with Crippen molar-refractivity contribution in [1.82, 2.24) is 4.90 Å². The first-order valence-corrected chi connectivity index (χ1v) is 6.86. The molecule has 100 valence electrons. The van der Waals surface area contributed by atoms with Gasteiger partial charge in [-0.15, -0.1) is 0 Å². The molecular weight excluding hydrogens is 227 g/mol. The molecule has 3 heteroatoms. The summed E-state index contributed by atoms with van der Waals surface area (Å²) in [6, 6.07) is 8.09. The lowest BCUT2D eigenvalue weighted by Gasteiger charge is -2.44. The van der Waals surface area contributed by atoms with E-state index >= 15 is 0 Å². The molecule has 0 radical (unpaired) electrons. The van der Waals surface area contributed by atoms with Crippen LogP contribution in [0.25, 0.3) is 0 Å². The van der Waals surface area contributed by atoms with Crippen molar-refractivity contribution in [3.63, 3.8) is 0 Å². The Morgan fingerprint density at radius 2 is 2.22 bits per heavy atom. The van der Waals surface area contributed by atoms with Gasteiger partial charge in [-0.25, -0.2) is 4.39 Å². The Hall–Kier alpha value is -0.930. The van der Waals surface area contributed by atoms with E-state index in [1.165, 1.54) is 18.9 Å². The van der Waals surface area contributed by atoms with Crippen LogP contribution in [0.4, 0.5) is 4.39 Å². The number of likely N-dealkylation sites (tertiary alicyclic amines) is 1. The third kappa shape index (κ3) is 2.73. The van der Waals surface area contributed by atoms with E-state index in [4.69, 9.17) is 5.73 Å². The van der Waals surface area contributed by atoms with Crippen molar-refractivity contribution in [1.29, 1.82) is 0 Å². The van der Waals surface area contributed by atoms with E-state index < -0.39 is 0 Å². The average molecular weight is 250 g/mol. The molecule has 2 rings (SSSR count). The highest BCUT2D eigenvalue weighted by atomic mass is 19.1. The van der Waals surface area contributed by atoms with Gasteiger partial charge in [0.1, 0.15) is 5.82 Å². The summed E-state index contributed by atoms with van der Waals surface area (Å²) in [6.45, 7) is 5.08. The molecule has 3 atom stereocenters. The first-order valence-electron chi connectivity index (χ1n) is 6.86. The first-order chi connectivity index (χ1) is 8.63. The van der Waals surface area contributed by atoms with Crippen molar-refractivity contribution >= 4 is 0 Å². The zero-order valence-corrected chi connectivity index (χ0v) is 11.3. The predicted molar refractivity (Wildman–Crippen MR) is 72.8 cm³/mol. The second-order valence-corrected chi connectivity index (χ2v) is 5.35. The zero-order chi connectivity index (χ0) is 13.1. The van der Waals surface area contributed by atoms with Crippen LogP contribution in [0, 0.1) is 5.82 Å². The Morgan fingerprint density at radius 1 is 1.44 bits per heavy atom. The minimum atomic E-state index is -0.159. The van der Waals surface area contributed by atoms with Gasteiger partial charge in [0.2, 0.25) is 0 Å². The lowest BCUT2D eigenvalue weighted by atomic mass is 9.92. The lowest BCUT2D eigenvalue weighted by Crippen LogP contribution is -2.49. The van der Waals surface area contributed by atoms with E-state index in [2.05, 4.69) is 18.7 Å². The minimum Gasteiger partial charge on any atom is -0.329 e. The molecule has 0 bridgehead atoms. The van der Waals surface area contributed by atoms with Crippen LogP contribution in [0.15, 0.2) is 24.3 Å².